The number of amides is 4. The Morgan fingerprint density at radius 1 is 1.12 bits per heavy atom. The predicted molar refractivity (Wildman–Crippen MR) is 118 cm³/mol. The van der Waals surface area contributed by atoms with Crippen molar-refractivity contribution in [3.8, 4) is 5.75 Å². The fourth-order valence-electron chi connectivity index (χ4n) is 3.44. The molecule has 4 rings (SSSR count). The number of carbonyl (C=O) groups excluding carboxylic acids is 3. The van der Waals surface area contributed by atoms with Crippen LogP contribution in [0.4, 0.5) is 9.93 Å². The number of nitrogens with one attached hydrogen (secondary N) is 2. The minimum atomic E-state index is -1.24. The molecule has 2 atom stereocenters. The highest BCUT2D eigenvalue weighted by Gasteiger charge is 2.45. The number of benzene rings is 2. The Kier molecular flexibility index (Phi) is 6.05. The standard InChI is InChI=1S/C22H18N4O6S/c27-14-8-6-12(7-9-14)10-16(18(28)25-21-23-15(11-33-21)20(30)31)26-19(29)17(24-22(26)32)13-4-2-1-3-5-13/h1-9,11,16-17,27H,10H2,(H,24,32)(H,30,31)(H,23,25,28). The smallest absolute Gasteiger partial charge is 0.355 e. The molecule has 11 heteroatoms. The highest BCUT2D eigenvalue weighted by molar-refractivity contribution is 7.14. The molecule has 0 saturated carbocycles. The molecule has 2 heterocycles. The van der Waals surface area contributed by atoms with Gasteiger partial charge in [0.15, 0.2) is 10.8 Å². The molecule has 1 fully saturated rings. The van der Waals surface area contributed by atoms with Crippen LogP contribution in [-0.2, 0) is 16.0 Å². The third-order valence-corrected chi connectivity index (χ3v) is 5.79. The summed E-state index contributed by atoms with van der Waals surface area (Å²) in [6.45, 7) is 0. The van der Waals surface area contributed by atoms with Gasteiger partial charge in [-0.15, -0.1) is 11.3 Å². The number of carbonyl (C=O) groups is 4. The number of hydrogen-bond donors (Lipinski definition) is 4. The number of thiazole rings is 1. The molecule has 10 nitrogen and oxygen atoms in total. The molecule has 1 aliphatic rings. The van der Waals surface area contributed by atoms with Gasteiger partial charge < -0.3 is 20.8 Å². The number of aromatic nitrogens is 1. The molecule has 2 aromatic carbocycles. The number of carboxylic acids is 1. The van der Waals surface area contributed by atoms with Gasteiger partial charge in [-0.2, -0.15) is 0 Å². The minimum Gasteiger partial charge on any atom is -0.508 e. The van der Waals surface area contributed by atoms with Crippen molar-refractivity contribution in [2.45, 2.75) is 18.5 Å². The lowest BCUT2D eigenvalue weighted by molar-refractivity contribution is -0.134. The second-order valence-corrected chi connectivity index (χ2v) is 8.08. The summed E-state index contributed by atoms with van der Waals surface area (Å²) < 4.78 is 0. The first-order valence-corrected chi connectivity index (χ1v) is 10.7. The molecule has 4 N–H and O–H groups in total. The maximum Gasteiger partial charge on any atom is 0.355 e. The predicted octanol–water partition coefficient (Wildman–Crippen LogP) is 2.39. The number of phenols is 1. The van der Waals surface area contributed by atoms with Gasteiger partial charge in [0.2, 0.25) is 5.91 Å². The van der Waals surface area contributed by atoms with Gasteiger partial charge in [0.25, 0.3) is 5.91 Å². The number of rotatable bonds is 7. The van der Waals surface area contributed by atoms with E-state index in [1.54, 1.807) is 42.5 Å². The number of hydrogen-bond acceptors (Lipinski definition) is 7. The minimum absolute atomic E-state index is 0.0239. The quantitative estimate of drug-likeness (QED) is 0.391. The summed E-state index contributed by atoms with van der Waals surface area (Å²) in [4.78, 5) is 54.9. The van der Waals surface area contributed by atoms with E-state index in [0.29, 0.717) is 11.1 Å². The van der Waals surface area contributed by atoms with Crippen molar-refractivity contribution < 1.29 is 29.4 Å². The summed E-state index contributed by atoms with van der Waals surface area (Å²) in [6.07, 6.45) is -0.0239. The fourth-order valence-corrected chi connectivity index (χ4v) is 4.12. The average molecular weight is 466 g/mol. The first-order valence-electron chi connectivity index (χ1n) is 9.79. The van der Waals surface area contributed by atoms with Crippen LogP contribution in [0.2, 0.25) is 0 Å². The van der Waals surface area contributed by atoms with Crippen LogP contribution in [-0.4, -0.2) is 50.0 Å². The number of urea groups is 1. The van der Waals surface area contributed by atoms with E-state index in [9.17, 15) is 24.3 Å². The number of anilines is 1. The van der Waals surface area contributed by atoms with E-state index in [2.05, 4.69) is 15.6 Å². The molecule has 0 spiro atoms. The van der Waals surface area contributed by atoms with Crippen molar-refractivity contribution in [2.24, 2.45) is 0 Å². The molecule has 0 bridgehead atoms. The third-order valence-electron chi connectivity index (χ3n) is 5.04. The van der Waals surface area contributed by atoms with E-state index in [0.717, 1.165) is 16.2 Å². The highest BCUT2D eigenvalue weighted by Crippen LogP contribution is 2.26. The van der Waals surface area contributed by atoms with Crippen LogP contribution in [0, 0.1) is 0 Å². The Balaban J connectivity index is 1.63. The molecule has 0 aliphatic carbocycles. The summed E-state index contributed by atoms with van der Waals surface area (Å²) in [5, 5.41) is 25.0. The zero-order chi connectivity index (χ0) is 23.5. The number of aromatic hydroxyl groups is 1. The number of imide groups is 1. The van der Waals surface area contributed by atoms with Crippen molar-refractivity contribution in [1.82, 2.24) is 15.2 Å². The van der Waals surface area contributed by atoms with Gasteiger partial charge in [0.1, 0.15) is 17.8 Å². The lowest BCUT2D eigenvalue weighted by atomic mass is 10.0. The van der Waals surface area contributed by atoms with E-state index in [-0.39, 0.29) is 23.0 Å². The van der Waals surface area contributed by atoms with Crippen LogP contribution in [0.5, 0.6) is 5.75 Å². The zero-order valence-electron chi connectivity index (χ0n) is 17.0. The molecular formula is C22H18N4O6S. The lowest BCUT2D eigenvalue weighted by Gasteiger charge is -2.24. The number of nitrogens with zero attached hydrogens (tertiary/aromatic N) is 2. The molecule has 4 amide bonds. The van der Waals surface area contributed by atoms with Crippen molar-refractivity contribution in [2.75, 3.05) is 5.32 Å². The van der Waals surface area contributed by atoms with Gasteiger partial charge in [-0.25, -0.2) is 19.5 Å². The van der Waals surface area contributed by atoms with Gasteiger partial charge in [0.05, 0.1) is 0 Å². The van der Waals surface area contributed by atoms with Gasteiger partial charge >= 0.3 is 12.0 Å². The van der Waals surface area contributed by atoms with Crippen LogP contribution >= 0.6 is 11.3 Å². The van der Waals surface area contributed by atoms with Crippen molar-refractivity contribution in [3.63, 3.8) is 0 Å². The molecule has 2 unspecified atom stereocenters. The summed E-state index contributed by atoms with van der Waals surface area (Å²) >= 11 is 0.912. The third kappa shape index (κ3) is 4.67. The Bertz CT molecular complexity index is 1210. The summed E-state index contributed by atoms with van der Waals surface area (Å²) in [6, 6.07) is 11.8. The highest BCUT2D eigenvalue weighted by atomic mass is 32.1. The fraction of sp³-hybridized carbons (Fsp3) is 0.136. The molecule has 3 aromatic rings. The SMILES string of the molecule is O=C(O)c1csc(NC(=O)C(Cc2ccc(O)cc2)N2C(=O)NC(c3ccccc3)C2=O)n1. The zero-order valence-corrected chi connectivity index (χ0v) is 17.8. The molecular weight excluding hydrogens is 448 g/mol. The maximum absolute atomic E-state index is 13.2. The maximum atomic E-state index is 13.2. The molecule has 1 aliphatic heterocycles. The van der Waals surface area contributed by atoms with E-state index in [4.69, 9.17) is 5.11 Å². The number of carboxylic acid groups (broad SMARTS) is 1. The van der Waals surface area contributed by atoms with Crippen LogP contribution in [0.3, 0.4) is 0 Å². The van der Waals surface area contributed by atoms with Gasteiger partial charge in [-0.05, 0) is 23.3 Å². The van der Waals surface area contributed by atoms with E-state index >= 15 is 0 Å². The monoisotopic (exact) mass is 466 g/mol. The Morgan fingerprint density at radius 2 is 1.82 bits per heavy atom. The first kappa shape index (κ1) is 22.0. The molecule has 33 heavy (non-hydrogen) atoms. The number of aromatic carboxylic acids is 1. The van der Waals surface area contributed by atoms with Crippen LogP contribution in [0.25, 0.3) is 0 Å². The lowest BCUT2D eigenvalue weighted by Crippen LogP contribution is -2.49. The second-order valence-electron chi connectivity index (χ2n) is 7.22. The van der Waals surface area contributed by atoms with Crippen molar-refractivity contribution in [3.05, 3.63) is 76.8 Å². The largest absolute Gasteiger partial charge is 0.508 e. The van der Waals surface area contributed by atoms with Crippen molar-refractivity contribution in [1.29, 1.82) is 0 Å². The van der Waals surface area contributed by atoms with Crippen LogP contribution < -0.4 is 10.6 Å². The summed E-state index contributed by atoms with van der Waals surface area (Å²) in [5.41, 5.74) is 0.944. The Labute approximate surface area is 191 Å². The van der Waals surface area contributed by atoms with Crippen molar-refractivity contribution >= 4 is 40.3 Å². The van der Waals surface area contributed by atoms with Crippen LogP contribution in [0.15, 0.2) is 60.0 Å². The second kappa shape index (κ2) is 9.09. The molecule has 0 radical (unpaired) electrons. The van der Waals surface area contributed by atoms with E-state index in [1.807, 2.05) is 0 Å². The van der Waals surface area contributed by atoms with E-state index in [1.165, 1.54) is 17.5 Å². The molecule has 1 saturated heterocycles. The topological polar surface area (TPSA) is 149 Å². The normalized spacial score (nSPS) is 16.4. The number of phenolic OH excluding ortho intramolecular Hbond substituents is 1. The molecule has 1 aromatic heterocycles. The Morgan fingerprint density at radius 3 is 2.45 bits per heavy atom. The summed E-state index contributed by atoms with van der Waals surface area (Å²) in [5.74, 6) is -2.50. The van der Waals surface area contributed by atoms with E-state index < -0.39 is 35.9 Å². The summed E-state index contributed by atoms with van der Waals surface area (Å²) in [7, 11) is 0. The average Bonchev–Trinajstić information content (AvgIpc) is 3.38. The van der Waals surface area contributed by atoms with Crippen LogP contribution in [0.1, 0.15) is 27.7 Å². The van der Waals surface area contributed by atoms with Gasteiger partial charge in [-0.1, -0.05) is 42.5 Å². The van der Waals surface area contributed by atoms with Gasteiger partial charge in [-0.3, -0.25) is 9.59 Å². The molecule has 168 valence electrons. The Hall–Kier alpha value is -4.25. The van der Waals surface area contributed by atoms with Gasteiger partial charge in [0, 0.05) is 11.8 Å². The first-order chi connectivity index (χ1) is 15.8.